The van der Waals surface area contributed by atoms with Crippen LogP contribution in [0.15, 0.2) is 64.9 Å². The van der Waals surface area contributed by atoms with Crippen LogP contribution in [0.3, 0.4) is 0 Å². The topological polar surface area (TPSA) is 12.0 Å². The van der Waals surface area contributed by atoms with Gasteiger partial charge in [-0.25, -0.2) is 0 Å². The van der Waals surface area contributed by atoms with Gasteiger partial charge in [0.2, 0.25) is 0 Å². The van der Waals surface area contributed by atoms with Gasteiger partial charge in [-0.15, -0.1) is 23.1 Å². The van der Waals surface area contributed by atoms with E-state index in [1.807, 2.05) is 23.1 Å². The third-order valence-corrected chi connectivity index (χ3v) is 5.98. The van der Waals surface area contributed by atoms with E-state index in [1.54, 1.807) is 0 Å². The van der Waals surface area contributed by atoms with E-state index in [2.05, 4.69) is 72.2 Å². The molecule has 0 spiro atoms. The minimum absolute atomic E-state index is 0.980. The number of hydrogen-bond donors (Lipinski definition) is 1. The summed E-state index contributed by atoms with van der Waals surface area (Å²) in [5.41, 5.74) is 0. The van der Waals surface area contributed by atoms with Crippen LogP contribution in [0.2, 0.25) is 0 Å². The zero-order valence-corrected chi connectivity index (χ0v) is 15.8. The molecule has 1 heterocycles. The Kier molecular flexibility index (Phi) is 6.76. The first-order valence-corrected chi connectivity index (χ1v) is 10.5. The molecule has 1 fully saturated rings. The van der Waals surface area contributed by atoms with E-state index in [4.69, 9.17) is 0 Å². The molecule has 0 saturated heterocycles. The van der Waals surface area contributed by atoms with Gasteiger partial charge < -0.3 is 5.32 Å². The Hall–Kier alpha value is -1.29. The number of benzene rings is 2. The molecule has 3 aromatic rings. The van der Waals surface area contributed by atoms with E-state index in [0.29, 0.717) is 0 Å². The summed E-state index contributed by atoms with van der Waals surface area (Å²) in [5, 5.41) is 8.31. The molecule has 24 heavy (non-hydrogen) atoms. The van der Waals surface area contributed by atoms with Crippen molar-refractivity contribution in [3.8, 4) is 0 Å². The standard InChI is InChI=1S/C17H17NS2.C4H8/c1-2-8-16-14(5-1)6-3-9-17(16)20-12-10-18-13-15-7-4-11-19-15;1-4-2-3-4/h1-9,11,18H,10,12-13H2;4H,2-3H2,1H3. The highest BCUT2D eigenvalue weighted by atomic mass is 32.2. The van der Waals surface area contributed by atoms with Gasteiger partial charge in [-0.3, -0.25) is 0 Å². The second-order valence-corrected chi connectivity index (χ2v) is 8.43. The van der Waals surface area contributed by atoms with E-state index in [0.717, 1.165) is 24.8 Å². The fourth-order valence-electron chi connectivity index (χ4n) is 2.35. The second-order valence-electron chi connectivity index (χ2n) is 6.26. The van der Waals surface area contributed by atoms with Gasteiger partial charge in [0.05, 0.1) is 0 Å². The number of nitrogens with one attached hydrogen (secondary N) is 1. The predicted molar refractivity (Wildman–Crippen MR) is 109 cm³/mol. The number of hydrogen-bond acceptors (Lipinski definition) is 3. The lowest BCUT2D eigenvalue weighted by molar-refractivity contribution is 0.741. The summed E-state index contributed by atoms with van der Waals surface area (Å²) in [5.74, 6) is 2.18. The van der Waals surface area contributed by atoms with Gasteiger partial charge in [0.1, 0.15) is 0 Å². The largest absolute Gasteiger partial charge is 0.311 e. The van der Waals surface area contributed by atoms with Crippen LogP contribution in [0.4, 0.5) is 0 Å². The molecule has 0 atom stereocenters. The van der Waals surface area contributed by atoms with Crippen LogP contribution >= 0.6 is 23.1 Å². The summed E-state index contributed by atoms with van der Waals surface area (Å²) in [7, 11) is 0. The number of thioether (sulfide) groups is 1. The summed E-state index contributed by atoms with van der Waals surface area (Å²) in [6, 6.07) is 19.4. The van der Waals surface area contributed by atoms with Crippen molar-refractivity contribution < 1.29 is 0 Å². The van der Waals surface area contributed by atoms with Gasteiger partial charge in [-0.2, -0.15) is 0 Å². The summed E-state index contributed by atoms with van der Waals surface area (Å²) in [4.78, 5) is 2.78. The lowest BCUT2D eigenvalue weighted by Crippen LogP contribution is -2.15. The van der Waals surface area contributed by atoms with Crippen LogP contribution in [-0.2, 0) is 6.54 Å². The van der Waals surface area contributed by atoms with Gasteiger partial charge in [-0.05, 0) is 34.2 Å². The summed E-state index contributed by atoms with van der Waals surface area (Å²) < 4.78 is 0. The molecule has 0 radical (unpaired) electrons. The Morgan fingerprint density at radius 2 is 1.83 bits per heavy atom. The molecule has 1 N–H and O–H groups in total. The van der Waals surface area contributed by atoms with E-state index in [9.17, 15) is 0 Å². The Bertz CT molecular complexity index is 727. The van der Waals surface area contributed by atoms with Crippen LogP contribution in [-0.4, -0.2) is 12.3 Å². The Labute approximate surface area is 153 Å². The quantitative estimate of drug-likeness (QED) is 0.417. The van der Waals surface area contributed by atoms with Crippen LogP contribution in [0.25, 0.3) is 10.8 Å². The molecule has 0 bridgehead atoms. The first kappa shape index (κ1) is 17.5. The van der Waals surface area contributed by atoms with Crippen molar-refractivity contribution in [3.05, 3.63) is 64.9 Å². The monoisotopic (exact) mass is 355 g/mol. The van der Waals surface area contributed by atoms with Crippen molar-refractivity contribution in [2.75, 3.05) is 12.3 Å². The molecule has 126 valence electrons. The van der Waals surface area contributed by atoms with E-state index < -0.39 is 0 Å². The molecule has 1 saturated carbocycles. The maximum absolute atomic E-state index is 3.50. The van der Waals surface area contributed by atoms with Crippen LogP contribution in [0.5, 0.6) is 0 Å². The fraction of sp³-hybridized carbons (Fsp3) is 0.333. The SMILES string of the molecule is CC1CC1.c1csc(CNCCSc2cccc3ccccc23)c1. The molecule has 1 aliphatic carbocycles. The molecule has 3 heteroatoms. The molecule has 4 rings (SSSR count). The van der Waals surface area contributed by atoms with Crippen molar-refractivity contribution in [1.82, 2.24) is 5.32 Å². The summed E-state index contributed by atoms with van der Waals surface area (Å²) in [6.45, 7) is 4.29. The maximum atomic E-state index is 3.50. The smallest absolute Gasteiger partial charge is 0.0300 e. The van der Waals surface area contributed by atoms with Crippen molar-refractivity contribution in [3.63, 3.8) is 0 Å². The van der Waals surface area contributed by atoms with Gasteiger partial charge in [-0.1, -0.05) is 62.2 Å². The lowest BCUT2D eigenvalue weighted by atomic mass is 10.1. The third-order valence-electron chi connectivity index (χ3n) is 4.03. The van der Waals surface area contributed by atoms with E-state index in [-0.39, 0.29) is 0 Å². The molecule has 1 nitrogen and oxygen atoms in total. The molecular formula is C21H25NS2. The minimum atomic E-state index is 0.980. The average molecular weight is 356 g/mol. The molecular weight excluding hydrogens is 330 g/mol. The highest BCUT2D eigenvalue weighted by Gasteiger charge is 2.12. The highest BCUT2D eigenvalue weighted by molar-refractivity contribution is 7.99. The molecule has 2 aromatic carbocycles. The van der Waals surface area contributed by atoms with E-state index >= 15 is 0 Å². The summed E-state index contributed by atoms with van der Waals surface area (Å²) >= 11 is 3.74. The molecule has 0 amide bonds. The average Bonchev–Trinajstić information content (AvgIpc) is 3.22. The third kappa shape index (κ3) is 5.66. The van der Waals surface area contributed by atoms with Gasteiger partial charge in [0.15, 0.2) is 0 Å². The van der Waals surface area contributed by atoms with Gasteiger partial charge in [0, 0.05) is 28.6 Å². The van der Waals surface area contributed by atoms with Crippen molar-refractivity contribution in [1.29, 1.82) is 0 Å². The fourth-order valence-corrected chi connectivity index (χ4v) is 4.00. The first-order valence-electron chi connectivity index (χ1n) is 8.66. The molecule has 0 aliphatic heterocycles. The van der Waals surface area contributed by atoms with E-state index in [1.165, 1.54) is 33.4 Å². The normalized spacial score (nSPS) is 13.5. The van der Waals surface area contributed by atoms with Crippen molar-refractivity contribution in [2.24, 2.45) is 5.92 Å². The lowest BCUT2D eigenvalue weighted by Gasteiger charge is -2.07. The highest BCUT2D eigenvalue weighted by Crippen LogP contribution is 2.27. The van der Waals surface area contributed by atoms with Crippen molar-refractivity contribution in [2.45, 2.75) is 31.2 Å². The zero-order valence-electron chi connectivity index (χ0n) is 14.2. The van der Waals surface area contributed by atoms with Gasteiger partial charge in [0.25, 0.3) is 0 Å². The summed E-state index contributed by atoms with van der Waals surface area (Å²) in [6.07, 6.45) is 2.97. The van der Waals surface area contributed by atoms with Crippen LogP contribution in [0.1, 0.15) is 24.6 Å². The Morgan fingerprint density at radius 1 is 1.04 bits per heavy atom. The number of thiophene rings is 1. The molecule has 1 aromatic heterocycles. The Balaban J connectivity index is 0.000000370. The predicted octanol–water partition coefficient (Wildman–Crippen LogP) is 6.20. The second kappa shape index (κ2) is 9.26. The Morgan fingerprint density at radius 3 is 2.58 bits per heavy atom. The van der Waals surface area contributed by atoms with Crippen LogP contribution < -0.4 is 5.32 Å². The maximum Gasteiger partial charge on any atom is 0.0300 e. The number of rotatable bonds is 6. The molecule has 1 aliphatic rings. The number of fused-ring (bicyclic) bond motifs is 1. The van der Waals surface area contributed by atoms with Crippen LogP contribution in [0, 0.1) is 5.92 Å². The molecule has 0 unspecified atom stereocenters. The first-order chi connectivity index (χ1) is 11.8. The van der Waals surface area contributed by atoms with Gasteiger partial charge >= 0.3 is 0 Å². The van der Waals surface area contributed by atoms with Crippen molar-refractivity contribution >= 4 is 33.9 Å². The zero-order chi connectivity index (χ0) is 16.6. The minimum Gasteiger partial charge on any atom is -0.311 e.